The number of hydrogen-bond donors (Lipinski definition) is 1. The molecular weight excluding hydrogens is 219 g/mol. The predicted octanol–water partition coefficient (Wildman–Crippen LogP) is 2.47. The first-order valence-corrected chi connectivity index (χ1v) is 6.04. The highest BCUT2D eigenvalue weighted by Gasteiger charge is 2.36. The van der Waals surface area contributed by atoms with Crippen LogP contribution in [0.2, 0.25) is 0 Å². The molecule has 0 bridgehead atoms. The number of anilines is 1. The van der Waals surface area contributed by atoms with Crippen molar-refractivity contribution in [3.05, 3.63) is 24.1 Å². The van der Waals surface area contributed by atoms with E-state index in [1.807, 2.05) is 0 Å². The van der Waals surface area contributed by atoms with Crippen molar-refractivity contribution in [2.24, 2.45) is 5.92 Å². The first-order valence-electron chi connectivity index (χ1n) is 6.04. The van der Waals surface area contributed by atoms with Crippen LogP contribution in [-0.4, -0.2) is 20.6 Å². The van der Waals surface area contributed by atoms with Crippen molar-refractivity contribution in [3.63, 3.8) is 0 Å². The van der Waals surface area contributed by atoms with E-state index < -0.39 is 0 Å². The lowest BCUT2D eigenvalue weighted by Gasteiger charge is -1.98. The van der Waals surface area contributed by atoms with Crippen LogP contribution in [0.15, 0.2) is 18.3 Å². The summed E-state index contributed by atoms with van der Waals surface area (Å²) in [5.74, 6) is 1.05. The largest absolute Gasteiger partial charge is 0.350 e. The third-order valence-corrected chi connectivity index (χ3v) is 3.19. The van der Waals surface area contributed by atoms with E-state index in [0.717, 1.165) is 5.92 Å². The molecule has 1 aliphatic rings. The number of halogens is 1. The van der Waals surface area contributed by atoms with Crippen molar-refractivity contribution in [2.75, 3.05) is 5.32 Å². The lowest BCUT2D eigenvalue weighted by molar-refractivity contribution is 0.614. The monoisotopic (exact) mass is 234 g/mol. The van der Waals surface area contributed by atoms with E-state index in [9.17, 15) is 4.39 Å². The molecule has 0 amide bonds. The van der Waals surface area contributed by atoms with Crippen molar-refractivity contribution in [1.29, 1.82) is 0 Å². The summed E-state index contributed by atoms with van der Waals surface area (Å²) in [6, 6.07) is 3.52. The van der Waals surface area contributed by atoms with Crippen molar-refractivity contribution in [3.8, 4) is 0 Å². The number of hydrogen-bond acceptors (Lipinski definition) is 3. The maximum atomic E-state index is 13.0. The van der Waals surface area contributed by atoms with E-state index in [1.54, 1.807) is 6.07 Å². The van der Waals surface area contributed by atoms with Crippen LogP contribution in [0.4, 0.5) is 10.3 Å². The topological polar surface area (TPSA) is 42.2 Å². The zero-order chi connectivity index (χ0) is 11.8. The van der Waals surface area contributed by atoms with E-state index in [4.69, 9.17) is 0 Å². The standard InChI is InChI=1S/C12H15FN4/c1-2-3-8-6-10(8)14-12-15-11-5-4-9(13)7-17(11)16-12/h4-5,7-8,10H,2-3,6H2,1H3,(H,14,16). The number of fused-ring (bicyclic) bond motifs is 1. The second-order valence-electron chi connectivity index (χ2n) is 4.62. The third kappa shape index (κ3) is 2.09. The number of nitrogens with one attached hydrogen (secondary N) is 1. The lowest BCUT2D eigenvalue weighted by Crippen LogP contribution is -2.06. The van der Waals surface area contributed by atoms with E-state index in [-0.39, 0.29) is 5.82 Å². The van der Waals surface area contributed by atoms with Crippen LogP contribution in [0.1, 0.15) is 26.2 Å². The molecule has 1 aliphatic carbocycles. The van der Waals surface area contributed by atoms with Crippen LogP contribution in [0.25, 0.3) is 5.65 Å². The number of aromatic nitrogens is 3. The van der Waals surface area contributed by atoms with Gasteiger partial charge in [-0.2, -0.15) is 4.98 Å². The summed E-state index contributed by atoms with van der Waals surface area (Å²) in [5, 5.41) is 7.50. The summed E-state index contributed by atoms with van der Waals surface area (Å²) in [4.78, 5) is 4.30. The summed E-state index contributed by atoms with van der Waals surface area (Å²) in [5.41, 5.74) is 0.668. The molecule has 0 spiro atoms. The average molecular weight is 234 g/mol. The fourth-order valence-corrected chi connectivity index (χ4v) is 2.20. The highest BCUT2D eigenvalue weighted by molar-refractivity contribution is 5.44. The van der Waals surface area contributed by atoms with Gasteiger partial charge in [0, 0.05) is 6.04 Å². The fraction of sp³-hybridized carbons (Fsp3) is 0.500. The molecule has 1 N–H and O–H groups in total. The molecular formula is C12H15FN4. The highest BCUT2D eigenvalue weighted by Crippen LogP contribution is 2.36. The summed E-state index contributed by atoms with van der Waals surface area (Å²) in [7, 11) is 0. The number of pyridine rings is 1. The molecule has 3 rings (SSSR count). The molecule has 2 unspecified atom stereocenters. The zero-order valence-electron chi connectivity index (χ0n) is 9.73. The number of rotatable bonds is 4. The molecule has 0 saturated heterocycles. The highest BCUT2D eigenvalue weighted by atomic mass is 19.1. The van der Waals surface area contributed by atoms with Crippen LogP contribution in [0.3, 0.4) is 0 Å². The van der Waals surface area contributed by atoms with Gasteiger partial charge < -0.3 is 5.32 Å². The summed E-state index contributed by atoms with van der Waals surface area (Å²) in [6.45, 7) is 2.20. The molecule has 0 radical (unpaired) electrons. The normalized spacial score (nSPS) is 22.9. The van der Waals surface area contributed by atoms with Gasteiger partial charge in [-0.3, -0.25) is 0 Å². The van der Waals surface area contributed by atoms with E-state index in [0.29, 0.717) is 17.6 Å². The molecule has 0 aliphatic heterocycles. The van der Waals surface area contributed by atoms with Gasteiger partial charge in [0.25, 0.3) is 0 Å². The van der Waals surface area contributed by atoms with Gasteiger partial charge in [-0.15, -0.1) is 5.10 Å². The molecule has 1 fully saturated rings. The minimum absolute atomic E-state index is 0.302. The Morgan fingerprint density at radius 1 is 1.53 bits per heavy atom. The Kier molecular flexibility index (Phi) is 2.46. The summed E-state index contributed by atoms with van der Waals surface area (Å²) >= 11 is 0. The smallest absolute Gasteiger partial charge is 0.243 e. The van der Waals surface area contributed by atoms with Crippen LogP contribution in [-0.2, 0) is 0 Å². The van der Waals surface area contributed by atoms with Gasteiger partial charge >= 0.3 is 0 Å². The van der Waals surface area contributed by atoms with Gasteiger partial charge in [-0.1, -0.05) is 13.3 Å². The second kappa shape index (κ2) is 3.98. The van der Waals surface area contributed by atoms with E-state index in [2.05, 4.69) is 22.3 Å². The Hall–Kier alpha value is -1.65. The van der Waals surface area contributed by atoms with Gasteiger partial charge in [-0.05, 0) is 30.9 Å². The SMILES string of the molecule is CCCC1CC1Nc1nc2ccc(F)cn2n1. The fourth-order valence-electron chi connectivity index (χ4n) is 2.20. The van der Waals surface area contributed by atoms with Crippen molar-refractivity contribution in [2.45, 2.75) is 32.2 Å². The molecule has 4 nitrogen and oxygen atoms in total. The molecule has 90 valence electrons. The first-order chi connectivity index (χ1) is 8.26. The molecule has 2 atom stereocenters. The third-order valence-electron chi connectivity index (χ3n) is 3.19. The maximum absolute atomic E-state index is 13.0. The Morgan fingerprint density at radius 2 is 2.41 bits per heavy atom. The predicted molar refractivity (Wildman–Crippen MR) is 63.4 cm³/mol. The van der Waals surface area contributed by atoms with Crippen molar-refractivity contribution >= 4 is 11.6 Å². The van der Waals surface area contributed by atoms with Gasteiger partial charge in [0.2, 0.25) is 5.95 Å². The minimum atomic E-state index is -0.302. The molecule has 2 aromatic rings. The molecule has 2 aromatic heterocycles. The van der Waals surface area contributed by atoms with Crippen LogP contribution in [0, 0.1) is 11.7 Å². The Bertz CT molecular complexity index is 536. The second-order valence-corrected chi connectivity index (χ2v) is 4.62. The Labute approximate surface area is 98.9 Å². The molecule has 1 saturated carbocycles. The molecule has 17 heavy (non-hydrogen) atoms. The number of nitrogens with zero attached hydrogens (tertiary/aromatic N) is 3. The van der Waals surface area contributed by atoms with E-state index >= 15 is 0 Å². The summed E-state index contributed by atoms with van der Waals surface area (Å²) in [6.07, 6.45) is 4.99. The van der Waals surface area contributed by atoms with Crippen molar-refractivity contribution in [1.82, 2.24) is 14.6 Å². The molecule has 0 aromatic carbocycles. The molecule has 2 heterocycles. The first kappa shape index (κ1) is 10.5. The van der Waals surface area contributed by atoms with Gasteiger partial charge in [-0.25, -0.2) is 8.91 Å². The van der Waals surface area contributed by atoms with Gasteiger partial charge in [0.15, 0.2) is 5.65 Å². The van der Waals surface area contributed by atoms with Crippen LogP contribution >= 0.6 is 0 Å². The van der Waals surface area contributed by atoms with Crippen molar-refractivity contribution < 1.29 is 4.39 Å². The maximum Gasteiger partial charge on any atom is 0.243 e. The Balaban J connectivity index is 1.74. The average Bonchev–Trinajstić information content (AvgIpc) is 2.88. The minimum Gasteiger partial charge on any atom is -0.350 e. The van der Waals surface area contributed by atoms with Crippen LogP contribution in [0.5, 0.6) is 0 Å². The lowest BCUT2D eigenvalue weighted by atomic mass is 10.2. The Morgan fingerprint density at radius 3 is 3.24 bits per heavy atom. The zero-order valence-corrected chi connectivity index (χ0v) is 9.73. The van der Waals surface area contributed by atoms with E-state index in [1.165, 1.54) is 36.0 Å². The van der Waals surface area contributed by atoms with Gasteiger partial charge in [0.05, 0.1) is 6.20 Å². The van der Waals surface area contributed by atoms with Crippen LogP contribution < -0.4 is 5.32 Å². The summed E-state index contributed by atoms with van der Waals surface area (Å²) < 4.78 is 14.4. The quantitative estimate of drug-likeness (QED) is 0.883. The molecule has 5 heteroatoms. The van der Waals surface area contributed by atoms with Gasteiger partial charge in [0.1, 0.15) is 5.82 Å².